The monoisotopic (exact) mass is 209 g/mol. The lowest BCUT2D eigenvalue weighted by atomic mass is 10.2. The first-order valence-corrected chi connectivity index (χ1v) is 5.93. The minimum absolute atomic E-state index is 0.226. The SMILES string of the molecule is Cc1sccc1C(=O)CNCC1CC1. The lowest BCUT2D eigenvalue weighted by Crippen LogP contribution is -2.25. The van der Waals surface area contributed by atoms with E-state index in [1.807, 2.05) is 18.4 Å². The molecule has 1 aromatic heterocycles. The number of ketones is 1. The fourth-order valence-electron chi connectivity index (χ4n) is 1.48. The summed E-state index contributed by atoms with van der Waals surface area (Å²) in [6.07, 6.45) is 2.66. The second-order valence-electron chi connectivity index (χ2n) is 3.89. The molecule has 0 radical (unpaired) electrons. The summed E-state index contributed by atoms with van der Waals surface area (Å²) >= 11 is 1.64. The Morgan fingerprint density at radius 3 is 3.00 bits per heavy atom. The van der Waals surface area contributed by atoms with E-state index in [0.717, 1.165) is 22.9 Å². The maximum atomic E-state index is 11.7. The van der Waals surface area contributed by atoms with Gasteiger partial charge in [0.05, 0.1) is 6.54 Å². The van der Waals surface area contributed by atoms with Gasteiger partial charge in [-0.15, -0.1) is 11.3 Å². The van der Waals surface area contributed by atoms with E-state index in [0.29, 0.717) is 6.54 Å². The third kappa shape index (κ3) is 2.42. The summed E-state index contributed by atoms with van der Waals surface area (Å²) in [5.74, 6) is 1.07. The normalized spacial score (nSPS) is 15.8. The Bertz CT molecular complexity index is 328. The number of hydrogen-bond donors (Lipinski definition) is 1. The first kappa shape index (κ1) is 9.87. The Morgan fingerprint density at radius 2 is 2.43 bits per heavy atom. The molecule has 0 aliphatic heterocycles. The molecule has 3 heteroatoms. The fraction of sp³-hybridized carbons (Fsp3) is 0.545. The molecule has 1 aliphatic rings. The molecule has 0 amide bonds. The Kier molecular flexibility index (Phi) is 2.99. The summed E-state index contributed by atoms with van der Waals surface area (Å²) in [4.78, 5) is 12.8. The van der Waals surface area contributed by atoms with Crippen LogP contribution in [0.1, 0.15) is 28.1 Å². The highest BCUT2D eigenvalue weighted by atomic mass is 32.1. The van der Waals surface area contributed by atoms with Gasteiger partial charge in [0.2, 0.25) is 0 Å². The first-order valence-electron chi connectivity index (χ1n) is 5.05. The van der Waals surface area contributed by atoms with Gasteiger partial charge in [-0.1, -0.05) is 0 Å². The molecule has 1 N–H and O–H groups in total. The number of thiophene rings is 1. The van der Waals surface area contributed by atoms with Crippen molar-refractivity contribution in [3.05, 3.63) is 21.9 Å². The third-order valence-electron chi connectivity index (χ3n) is 2.57. The molecule has 2 nitrogen and oxygen atoms in total. The van der Waals surface area contributed by atoms with E-state index in [-0.39, 0.29) is 5.78 Å². The second-order valence-corrected chi connectivity index (χ2v) is 5.01. The molecule has 0 aromatic carbocycles. The molecular formula is C11H15NOS. The predicted molar refractivity (Wildman–Crippen MR) is 59.0 cm³/mol. The van der Waals surface area contributed by atoms with E-state index in [4.69, 9.17) is 0 Å². The largest absolute Gasteiger partial charge is 0.309 e. The number of Topliss-reactive ketones (excluding diaryl/α,β-unsaturated/α-hetero) is 1. The molecule has 0 saturated heterocycles. The predicted octanol–water partition coefficient (Wildman–Crippen LogP) is 2.24. The second kappa shape index (κ2) is 4.24. The van der Waals surface area contributed by atoms with Gasteiger partial charge in [-0.3, -0.25) is 4.79 Å². The summed E-state index contributed by atoms with van der Waals surface area (Å²) in [6, 6.07) is 1.92. The fourth-order valence-corrected chi connectivity index (χ4v) is 2.20. The topological polar surface area (TPSA) is 29.1 Å². The van der Waals surface area contributed by atoms with Crippen molar-refractivity contribution in [3.8, 4) is 0 Å². The van der Waals surface area contributed by atoms with E-state index in [9.17, 15) is 4.79 Å². The molecule has 2 rings (SSSR count). The number of carbonyl (C=O) groups excluding carboxylic acids is 1. The highest BCUT2D eigenvalue weighted by Crippen LogP contribution is 2.27. The standard InChI is InChI=1S/C11H15NOS/c1-8-10(4-5-14-8)11(13)7-12-6-9-2-3-9/h4-5,9,12H,2-3,6-7H2,1H3. The van der Waals surface area contributed by atoms with Crippen LogP contribution in [0.2, 0.25) is 0 Å². The maximum absolute atomic E-state index is 11.7. The lowest BCUT2D eigenvalue weighted by Gasteiger charge is -2.02. The number of carbonyl (C=O) groups is 1. The van der Waals surface area contributed by atoms with Crippen molar-refractivity contribution in [1.29, 1.82) is 0 Å². The zero-order valence-electron chi connectivity index (χ0n) is 8.38. The number of aryl methyl sites for hydroxylation is 1. The Balaban J connectivity index is 1.79. The third-order valence-corrected chi connectivity index (χ3v) is 3.42. The lowest BCUT2D eigenvalue weighted by molar-refractivity contribution is 0.0991. The summed E-state index contributed by atoms with van der Waals surface area (Å²) in [6.45, 7) is 3.50. The van der Waals surface area contributed by atoms with Crippen LogP contribution in [-0.2, 0) is 0 Å². The van der Waals surface area contributed by atoms with Crippen LogP contribution in [0.15, 0.2) is 11.4 Å². The Morgan fingerprint density at radius 1 is 1.64 bits per heavy atom. The van der Waals surface area contributed by atoms with E-state index in [1.165, 1.54) is 12.8 Å². The minimum atomic E-state index is 0.226. The van der Waals surface area contributed by atoms with Crippen molar-refractivity contribution in [1.82, 2.24) is 5.32 Å². The van der Waals surface area contributed by atoms with Gasteiger partial charge in [-0.2, -0.15) is 0 Å². The van der Waals surface area contributed by atoms with E-state index in [1.54, 1.807) is 11.3 Å². The van der Waals surface area contributed by atoms with Gasteiger partial charge in [-0.25, -0.2) is 0 Å². The van der Waals surface area contributed by atoms with Crippen LogP contribution in [0.5, 0.6) is 0 Å². The van der Waals surface area contributed by atoms with Crippen molar-refractivity contribution < 1.29 is 4.79 Å². The molecule has 1 heterocycles. The molecule has 0 atom stereocenters. The summed E-state index contributed by atoms with van der Waals surface area (Å²) in [5, 5.41) is 5.19. The highest BCUT2D eigenvalue weighted by Gasteiger charge is 2.20. The highest BCUT2D eigenvalue weighted by molar-refractivity contribution is 7.10. The molecular weight excluding hydrogens is 194 g/mol. The van der Waals surface area contributed by atoms with E-state index in [2.05, 4.69) is 5.32 Å². The molecule has 1 aliphatic carbocycles. The number of rotatable bonds is 5. The Labute approximate surface area is 88.3 Å². The van der Waals surface area contributed by atoms with Crippen LogP contribution in [0.3, 0.4) is 0 Å². The maximum Gasteiger partial charge on any atom is 0.177 e. The van der Waals surface area contributed by atoms with Crippen molar-refractivity contribution in [2.75, 3.05) is 13.1 Å². The van der Waals surface area contributed by atoms with Gasteiger partial charge in [-0.05, 0) is 43.7 Å². The molecule has 76 valence electrons. The van der Waals surface area contributed by atoms with Crippen LogP contribution >= 0.6 is 11.3 Å². The van der Waals surface area contributed by atoms with Crippen LogP contribution in [0, 0.1) is 12.8 Å². The number of hydrogen-bond acceptors (Lipinski definition) is 3. The molecule has 14 heavy (non-hydrogen) atoms. The zero-order valence-corrected chi connectivity index (χ0v) is 9.19. The van der Waals surface area contributed by atoms with Crippen molar-refractivity contribution in [2.24, 2.45) is 5.92 Å². The van der Waals surface area contributed by atoms with Crippen LogP contribution in [-0.4, -0.2) is 18.9 Å². The molecule has 1 saturated carbocycles. The van der Waals surface area contributed by atoms with Gasteiger partial charge in [0, 0.05) is 10.4 Å². The van der Waals surface area contributed by atoms with Gasteiger partial charge in [0.1, 0.15) is 0 Å². The molecule has 1 fully saturated rings. The summed E-state index contributed by atoms with van der Waals surface area (Å²) in [5.41, 5.74) is 0.887. The van der Waals surface area contributed by atoms with Crippen molar-refractivity contribution >= 4 is 17.1 Å². The zero-order chi connectivity index (χ0) is 9.97. The number of nitrogens with one attached hydrogen (secondary N) is 1. The summed E-state index contributed by atoms with van der Waals surface area (Å²) in [7, 11) is 0. The molecule has 0 spiro atoms. The van der Waals surface area contributed by atoms with Gasteiger partial charge in [0.15, 0.2) is 5.78 Å². The average Bonchev–Trinajstić information content (AvgIpc) is 2.87. The van der Waals surface area contributed by atoms with E-state index >= 15 is 0 Å². The first-order chi connectivity index (χ1) is 6.77. The van der Waals surface area contributed by atoms with Gasteiger partial charge in [0.25, 0.3) is 0 Å². The van der Waals surface area contributed by atoms with Crippen LogP contribution in [0.25, 0.3) is 0 Å². The van der Waals surface area contributed by atoms with Gasteiger partial charge >= 0.3 is 0 Å². The Hall–Kier alpha value is -0.670. The molecule has 0 unspecified atom stereocenters. The van der Waals surface area contributed by atoms with Crippen LogP contribution in [0.4, 0.5) is 0 Å². The molecule has 1 aromatic rings. The average molecular weight is 209 g/mol. The smallest absolute Gasteiger partial charge is 0.177 e. The minimum Gasteiger partial charge on any atom is -0.309 e. The van der Waals surface area contributed by atoms with Crippen molar-refractivity contribution in [2.45, 2.75) is 19.8 Å². The van der Waals surface area contributed by atoms with Crippen molar-refractivity contribution in [3.63, 3.8) is 0 Å². The van der Waals surface area contributed by atoms with Crippen LogP contribution < -0.4 is 5.32 Å². The quantitative estimate of drug-likeness (QED) is 0.753. The summed E-state index contributed by atoms with van der Waals surface area (Å²) < 4.78 is 0. The van der Waals surface area contributed by atoms with E-state index < -0.39 is 0 Å². The molecule has 0 bridgehead atoms. The van der Waals surface area contributed by atoms with Gasteiger partial charge < -0.3 is 5.32 Å².